The molecule has 0 N–H and O–H groups in total. The van der Waals surface area contributed by atoms with Gasteiger partial charge in [-0.3, -0.25) is 0 Å². The molecule has 0 saturated heterocycles. The first-order chi connectivity index (χ1) is 70.7. The zero-order chi connectivity index (χ0) is 94.2. The number of thiophene rings is 4. The molecule has 19 aromatic carbocycles. The van der Waals surface area contributed by atoms with E-state index in [9.17, 15) is 0 Å². The SMILES string of the molecule is CC1(C)c2ccccc2-c2cc3c4ccccc4n(-c4ccccc4-c4nc(-c5ccccc5)c5c(n4)sc4ccccc45)c3cc21.c1ccc(-c2nc(-c3ccccc3-n3c4ccccc4c4cc5c(cc43)sc3ccccc35)nc3sc4ccccc4c23)cc1.c1ccc(-c2nc(-c3ccccc3-n3c4ccccc4c4cc5c6ccccc6n(-c6ccccc6)c5cc43)nc3sc4ccccc4c23)cc1. The van der Waals surface area contributed by atoms with Gasteiger partial charge in [-0.1, -0.05) is 329 Å². The van der Waals surface area contributed by atoms with E-state index < -0.39 is 0 Å². The summed E-state index contributed by atoms with van der Waals surface area (Å²) in [5.74, 6) is 2.18. The van der Waals surface area contributed by atoms with Crippen LogP contribution in [0.3, 0.4) is 0 Å². The number of fused-ring (bicyclic) bond motifs is 27. The van der Waals surface area contributed by atoms with Crippen molar-refractivity contribution in [1.29, 1.82) is 0 Å². The molecule has 0 unspecified atom stereocenters. The average Bonchev–Trinajstić information content (AvgIpc) is 1.55. The van der Waals surface area contributed by atoms with E-state index in [1.54, 1.807) is 34.0 Å². The maximum Gasteiger partial charge on any atom is 0.163 e. The number of benzene rings is 19. The Hall–Kier alpha value is -17.5. The summed E-state index contributed by atoms with van der Waals surface area (Å²) >= 11 is 7.06. The molecule has 10 nitrogen and oxygen atoms in total. The van der Waals surface area contributed by atoms with Crippen molar-refractivity contribution in [2.24, 2.45) is 0 Å². The molecule has 143 heavy (non-hydrogen) atoms. The zero-order valence-electron chi connectivity index (χ0n) is 77.3. The summed E-state index contributed by atoms with van der Waals surface area (Å²) in [7, 11) is 0. The second-order valence-electron chi connectivity index (χ2n) is 37.4. The van der Waals surface area contributed by atoms with Crippen molar-refractivity contribution in [3.63, 3.8) is 0 Å². The Kier molecular flexibility index (Phi) is 19.0. The van der Waals surface area contributed by atoms with Crippen LogP contribution in [0.4, 0.5) is 0 Å². The fourth-order valence-corrected chi connectivity index (χ4v) is 27.0. The smallest absolute Gasteiger partial charge is 0.163 e. The number of hydrogen-bond donors (Lipinski definition) is 0. The first-order valence-electron chi connectivity index (χ1n) is 48.3. The molecule has 1 aliphatic carbocycles. The van der Waals surface area contributed by atoms with Crippen molar-refractivity contribution in [3.05, 3.63) is 460 Å². The van der Waals surface area contributed by atoms with Crippen LogP contribution < -0.4 is 0 Å². The van der Waals surface area contributed by atoms with Crippen LogP contribution in [-0.4, -0.2) is 48.2 Å². The van der Waals surface area contributed by atoms with E-state index in [1.165, 1.54) is 149 Å². The number of hydrogen-bond acceptors (Lipinski definition) is 10. The molecule has 30 aromatic rings. The lowest BCUT2D eigenvalue weighted by Gasteiger charge is -2.22. The maximum atomic E-state index is 5.41. The van der Waals surface area contributed by atoms with Crippen molar-refractivity contribution in [2.45, 2.75) is 19.3 Å². The van der Waals surface area contributed by atoms with Crippen molar-refractivity contribution in [2.75, 3.05) is 0 Å². The molecule has 0 radical (unpaired) electrons. The first-order valence-corrected chi connectivity index (χ1v) is 51.6. The molecule has 14 heteroatoms. The summed E-state index contributed by atoms with van der Waals surface area (Å²) < 4.78 is 15.9. The lowest BCUT2D eigenvalue weighted by Crippen LogP contribution is -2.15. The summed E-state index contributed by atoms with van der Waals surface area (Å²) in [6, 6.07) is 161. The molecular weight excluding hydrogens is 1820 g/mol. The van der Waals surface area contributed by atoms with Crippen LogP contribution in [-0.2, 0) is 5.41 Å². The van der Waals surface area contributed by atoms with E-state index in [2.05, 4.69) is 481 Å². The van der Waals surface area contributed by atoms with Crippen LogP contribution in [0.2, 0.25) is 0 Å². The van der Waals surface area contributed by atoms with Crippen molar-refractivity contribution < 1.29 is 0 Å². The molecule has 670 valence electrons. The number of aromatic nitrogens is 10. The molecule has 0 aliphatic heterocycles. The van der Waals surface area contributed by atoms with E-state index in [1.807, 2.05) is 11.3 Å². The fourth-order valence-electron chi connectivity index (χ4n) is 22.6. The molecule has 11 heterocycles. The Morgan fingerprint density at radius 3 is 0.909 bits per heavy atom. The topological polar surface area (TPSA) is 97.1 Å². The average molecular weight is 1900 g/mol. The zero-order valence-corrected chi connectivity index (χ0v) is 80.6. The van der Waals surface area contributed by atoms with Gasteiger partial charge in [0.1, 0.15) is 14.5 Å². The van der Waals surface area contributed by atoms with Crippen LogP contribution in [0.25, 0.3) is 270 Å². The lowest BCUT2D eigenvalue weighted by molar-refractivity contribution is 0.661. The molecule has 0 amide bonds. The van der Waals surface area contributed by atoms with Crippen LogP contribution >= 0.6 is 45.3 Å². The highest BCUT2D eigenvalue weighted by molar-refractivity contribution is 7.27. The van der Waals surface area contributed by atoms with E-state index in [4.69, 9.17) is 29.9 Å². The Morgan fingerprint density at radius 2 is 0.490 bits per heavy atom. The van der Waals surface area contributed by atoms with Gasteiger partial charge in [0.2, 0.25) is 0 Å². The fraction of sp³-hybridized carbons (Fsp3) is 0.0233. The van der Waals surface area contributed by atoms with Gasteiger partial charge in [0, 0.05) is 154 Å². The minimum Gasteiger partial charge on any atom is -0.309 e. The molecule has 0 atom stereocenters. The summed E-state index contributed by atoms with van der Waals surface area (Å²) in [4.78, 5) is 35.0. The minimum atomic E-state index is -0.0964. The van der Waals surface area contributed by atoms with Crippen LogP contribution in [0.5, 0.6) is 0 Å². The Balaban J connectivity index is 0.000000102. The Bertz CT molecular complexity index is 10500. The lowest BCUT2D eigenvalue weighted by atomic mass is 9.82. The molecule has 31 rings (SSSR count). The van der Waals surface area contributed by atoms with Gasteiger partial charge < -0.3 is 18.3 Å². The summed E-state index contributed by atoms with van der Waals surface area (Å²) in [5.41, 5.74) is 28.2. The van der Waals surface area contributed by atoms with Crippen LogP contribution in [0.15, 0.2) is 449 Å². The van der Waals surface area contributed by atoms with Gasteiger partial charge in [0.25, 0.3) is 0 Å². The molecule has 0 fully saturated rings. The van der Waals surface area contributed by atoms with Gasteiger partial charge in [-0.05, 0) is 156 Å². The molecule has 0 bridgehead atoms. The second-order valence-corrected chi connectivity index (χ2v) is 41.5. The van der Waals surface area contributed by atoms with Crippen molar-refractivity contribution in [3.8, 4) is 102 Å². The third-order valence-electron chi connectivity index (χ3n) is 29.0. The van der Waals surface area contributed by atoms with Gasteiger partial charge in [-0.15, -0.1) is 45.3 Å². The van der Waals surface area contributed by atoms with Gasteiger partial charge in [-0.2, -0.15) is 0 Å². The molecular formula is C129H80N10S4. The number of para-hydroxylation sites is 8. The quantitative estimate of drug-likeness (QED) is 0.135. The summed E-state index contributed by atoms with van der Waals surface area (Å²) in [6.45, 7) is 4.70. The summed E-state index contributed by atoms with van der Waals surface area (Å²) in [5, 5.41) is 19.5. The maximum absolute atomic E-state index is 5.41. The first kappa shape index (κ1) is 82.6. The highest BCUT2D eigenvalue weighted by Gasteiger charge is 2.37. The molecule has 0 saturated carbocycles. The predicted octanol–water partition coefficient (Wildman–Crippen LogP) is 35.6. The normalized spacial score (nSPS) is 12.5. The van der Waals surface area contributed by atoms with Gasteiger partial charge in [0.15, 0.2) is 17.5 Å². The Morgan fingerprint density at radius 1 is 0.189 bits per heavy atom. The molecule has 11 aromatic heterocycles. The highest BCUT2D eigenvalue weighted by atomic mass is 32.1. The van der Waals surface area contributed by atoms with Gasteiger partial charge in [0.05, 0.1) is 78.3 Å². The van der Waals surface area contributed by atoms with Crippen molar-refractivity contribution >= 4 is 214 Å². The van der Waals surface area contributed by atoms with E-state index in [-0.39, 0.29) is 5.41 Å². The van der Waals surface area contributed by atoms with Gasteiger partial charge >= 0.3 is 0 Å². The Labute approximate surface area is 836 Å². The van der Waals surface area contributed by atoms with Crippen LogP contribution in [0, 0.1) is 0 Å². The largest absolute Gasteiger partial charge is 0.309 e. The van der Waals surface area contributed by atoms with E-state index in [0.717, 1.165) is 127 Å². The van der Waals surface area contributed by atoms with E-state index in [0.29, 0.717) is 5.82 Å². The van der Waals surface area contributed by atoms with E-state index >= 15 is 0 Å². The third kappa shape index (κ3) is 13.0. The minimum absolute atomic E-state index is 0.0964. The second kappa shape index (κ2) is 32.8. The highest BCUT2D eigenvalue weighted by Crippen LogP contribution is 2.54. The third-order valence-corrected chi connectivity index (χ3v) is 33.4. The summed E-state index contributed by atoms with van der Waals surface area (Å²) in [6.07, 6.45) is 0. The van der Waals surface area contributed by atoms with Crippen molar-refractivity contribution in [1.82, 2.24) is 48.2 Å². The molecule has 1 aliphatic rings. The molecule has 0 spiro atoms. The number of rotatable bonds is 10. The number of nitrogens with zero attached hydrogens (tertiary/aromatic N) is 10. The standard InChI is InChI=1S/C46H28N4S.C43H29N3S.C40H23N3S2/c1-3-15-29(16-4-1)44-43-34-22-10-14-26-42(34)51-46(43)48-45(47-44)33-21-9-13-25-39(33)50-38-24-12-8-20-32(38)36-27-35-31-19-7-11-23-37(31)49(40(35)28-41(36)50)30-17-5-2-6-18-30;1-43(2)33-20-10-6-16-27(33)31-24-32-28-17-7-11-21-35(28)46(37(32)25-34(31)43)36-22-12-8-18-29(36)41-44-40(26-14-4-3-5-15-26)39-30-19-9-13-23-38(30)47-42(39)45-41;1-2-12-24(13-3-1)38-37-28-17-7-11-21-35(28)45-40(37)42-39(41-38)27-16-5-9-19-32(27)43-31-18-8-4-14-25(31)29-22-30-26-15-6-10-20-34(26)44-36(30)23-33(29)43/h1-28H;3-25H,1-2H3;1-23H. The monoisotopic (exact) mass is 1900 g/mol. The van der Waals surface area contributed by atoms with Gasteiger partial charge in [-0.25, -0.2) is 29.9 Å². The predicted molar refractivity (Wildman–Crippen MR) is 605 cm³/mol. The van der Waals surface area contributed by atoms with Crippen LogP contribution in [0.1, 0.15) is 25.0 Å².